The number of nitrogens with zero attached hydrogens (tertiary/aromatic N) is 5. The van der Waals surface area contributed by atoms with Gasteiger partial charge < -0.3 is 9.80 Å². The number of hydrogen-bond donors (Lipinski definition) is 0. The third kappa shape index (κ3) is 3.52. The van der Waals surface area contributed by atoms with Gasteiger partial charge in [-0.1, -0.05) is 0 Å². The largest absolute Gasteiger partial charge is 0.353 e. The fraction of sp³-hybridized carbons (Fsp3) is 0.591. The van der Waals surface area contributed by atoms with Crippen molar-refractivity contribution >= 4 is 11.7 Å². The van der Waals surface area contributed by atoms with Gasteiger partial charge in [-0.2, -0.15) is 5.10 Å². The van der Waals surface area contributed by atoms with Gasteiger partial charge >= 0.3 is 0 Å². The molecule has 28 heavy (non-hydrogen) atoms. The first-order valence-corrected chi connectivity index (χ1v) is 10.8. The molecule has 2 saturated heterocycles. The molecule has 2 aromatic rings. The first-order valence-electron chi connectivity index (χ1n) is 10.8. The summed E-state index contributed by atoms with van der Waals surface area (Å²) in [5.41, 5.74) is 0.725. The highest BCUT2D eigenvalue weighted by molar-refractivity contribution is 5.94. The number of fused-ring (bicyclic) bond motifs is 2. The molecule has 2 aromatic heterocycles. The molecule has 6 heteroatoms. The van der Waals surface area contributed by atoms with Crippen LogP contribution in [0.1, 0.15) is 48.9 Å². The Balaban J connectivity index is 1.14. The van der Waals surface area contributed by atoms with Gasteiger partial charge in [0.1, 0.15) is 5.82 Å². The maximum Gasteiger partial charge on any atom is 0.255 e. The van der Waals surface area contributed by atoms with E-state index in [0.29, 0.717) is 12.0 Å². The molecule has 0 radical (unpaired) electrons. The van der Waals surface area contributed by atoms with Crippen LogP contribution in [0.3, 0.4) is 0 Å². The van der Waals surface area contributed by atoms with Crippen LogP contribution in [-0.2, 0) is 6.54 Å². The fourth-order valence-electron chi connectivity index (χ4n) is 5.24. The number of aromatic nitrogens is 3. The van der Waals surface area contributed by atoms with E-state index in [1.54, 1.807) is 6.20 Å². The van der Waals surface area contributed by atoms with Crippen molar-refractivity contribution in [2.75, 3.05) is 24.5 Å². The van der Waals surface area contributed by atoms with Crippen molar-refractivity contribution in [2.24, 2.45) is 11.8 Å². The monoisotopic (exact) mass is 379 g/mol. The van der Waals surface area contributed by atoms with Gasteiger partial charge in [-0.3, -0.25) is 9.48 Å². The summed E-state index contributed by atoms with van der Waals surface area (Å²) in [7, 11) is 0. The van der Waals surface area contributed by atoms with Gasteiger partial charge in [0.05, 0.1) is 5.56 Å². The zero-order valence-electron chi connectivity index (χ0n) is 16.4. The highest BCUT2D eigenvalue weighted by Crippen LogP contribution is 2.39. The third-order valence-corrected chi connectivity index (χ3v) is 6.93. The molecule has 2 aliphatic heterocycles. The molecule has 1 aliphatic carbocycles. The Hall–Kier alpha value is -2.37. The lowest BCUT2D eigenvalue weighted by molar-refractivity contribution is 0.0684. The van der Waals surface area contributed by atoms with E-state index in [9.17, 15) is 4.79 Å². The predicted molar refractivity (Wildman–Crippen MR) is 108 cm³/mol. The Morgan fingerprint density at radius 3 is 2.68 bits per heavy atom. The van der Waals surface area contributed by atoms with Crippen molar-refractivity contribution in [1.29, 1.82) is 0 Å². The minimum Gasteiger partial charge on any atom is -0.353 e. The van der Waals surface area contributed by atoms with Gasteiger partial charge in [0.15, 0.2) is 0 Å². The van der Waals surface area contributed by atoms with E-state index in [0.717, 1.165) is 62.7 Å². The molecule has 3 aliphatic rings. The molecule has 5 rings (SSSR count). The second-order valence-corrected chi connectivity index (χ2v) is 8.68. The van der Waals surface area contributed by atoms with Gasteiger partial charge in [0.25, 0.3) is 5.91 Å². The number of carbonyl (C=O) groups is 1. The minimum atomic E-state index is 0.132. The highest BCUT2D eigenvalue weighted by atomic mass is 16.2. The van der Waals surface area contributed by atoms with E-state index in [1.165, 1.54) is 19.3 Å². The number of hydrogen-bond acceptors (Lipinski definition) is 4. The molecule has 1 saturated carbocycles. The number of anilines is 1. The van der Waals surface area contributed by atoms with Crippen LogP contribution in [0.2, 0.25) is 0 Å². The molecule has 148 valence electrons. The van der Waals surface area contributed by atoms with Crippen LogP contribution in [0.4, 0.5) is 5.82 Å². The number of piperidine rings is 2. The molecule has 0 spiro atoms. The maximum atomic E-state index is 12.9. The van der Waals surface area contributed by atoms with E-state index < -0.39 is 0 Å². The number of likely N-dealkylation sites (tertiary alicyclic amines) is 1. The van der Waals surface area contributed by atoms with Gasteiger partial charge in [-0.25, -0.2) is 4.98 Å². The number of amides is 1. The second-order valence-electron chi connectivity index (χ2n) is 8.68. The summed E-state index contributed by atoms with van der Waals surface area (Å²) in [6, 6.07) is 6.65. The van der Waals surface area contributed by atoms with Crippen LogP contribution in [0, 0.1) is 11.8 Å². The molecule has 2 atom stereocenters. The van der Waals surface area contributed by atoms with E-state index >= 15 is 0 Å². The molecule has 6 nitrogen and oxygen atoms in total. The zero-order chi connectivity index (χ0) is 18.9. The average molecular weight is 380 g/mol. The summed E-state index contributed by atoms with van der Waals surface area (Å²) >= 11 is 0. The summed E-state index contributed by atoms with van der Waals surface area (Å²) in [5.74, 6) is 2.70. The third-order valence-electron chi connectivity index (χ3n) is 6.93. The molecule has 0 N–H and O–H groups in total. The number of aryl methyl sites for hydroxylation is 1. The second kappa shape index (κ2) is 7.57. The topological polar surface area (TPSA) is 54.3 Å². The Morgan fingerprint density at radius 2 is 2.04 bits per heavy atom. The summed E-state index contributed by atoms with van der Waals surface area (Å²) < 4.78 is 2.00. The Bertz CT molecular complexity index is 795. The summed E-state index contributed by atoms with van der Waals surface area (Å²) in [5, 5.41) is 4.27. The van der Waals surface area contributed by atoms with Crippen LogP contribution in [0.5, 0.6) is 0 Å². The van der Waals surface area contributed by atoms with E-state index in [1.807, 2.05) is 40.2 Å². The van der Waals surface area contributed by atoms with Gasteiger partial charge in [-0.05, 0) is 68.6 Å². The van der Waals surface area contributed by atoms with Gasteiger partial charge in [0.2, 0.25) is 0 Å². The van der Waals surface area contributed by atoms with Gasteiger partial charge in [0, 0.05) is 50.8 Å². The summed E-state index contributed by atoms with van der Waals surface area (Å²) in [4.78, 5) is 21.9. The van der Waals surface area contributed by atoms with Crippen LogP contribution >= 0.6 is 0 Å². The number of carbonyl (C=O) groups excluding carboxylic acids is 1. The Labute approximate surface area is 166 Å². The number of rotatable bonds is 5. The van der Waals surface area contributed by atoms with Gasteiger partial charge in [-0.15, -0.1) is 0 Å². The maximum absolute atomic E-state index is 12.9. The lowest BCUT2D eigenvalue weighted by Gasteiger charge is -2.32. The normalized spacial score (nSPS) is 24.9. The van der Waals surface area contributed by atoms with Crippen molar-refractivity contribution in [1.82, 2.24) is 19.7 Å². The smallest absolute Gasteiger partial charge is 0.255 e. The molecule has 0 unspecified atom stereocenters. The Morgan fingerprint density at radius 1 is 1.14 bits per heavy atom. The average Bonchev–Trinajstić information content (AvgIpc) is 3.51. The standard InChI is InChI=1S/C22H29N5O/c28-22(25-11-6-17(7-12-25)8-13-26-10-1-9-24-26)19-3-5-21(23-15-19)27-16-18-2-4-20(27)14-18/h1,3,5,9-10,15,17-18,20H,2,4,6-8,11-14,16H2/t18-,20-/m0/s1. The quantitative estimate of drug-likeness (QED) is 0.800. The lowest BCUT2D eigenvalue weighted by atomic mass is 9.93. The lowest BCUT2D eigenvalue weighted by Crippen LogP contribution is -2.38. The number of pyridine rings is 1. The summed E-state index contributed by atoms with van der Waals surface area (Å²) in [6.07, 6.45) is 12.9. The molecule has 1 amide bonds. The van der Waals surface area contributed by atoms with E-state index in [2.05, 4.69) is 15.0 Å². The molecule has 4 heterocycles. The fourth-order valence-corrected chi connectivity index (χ4v) is 5.24. The Kier molecular flexibility index (Phi) is 4.79. The SMILES string of the molecule is O=C(c1ccc(N2C[C@H]3CC[C@H]2C3)nc1)N1CCC(CCn2cccn2)CC1. The minimum absolute atomic E-state index is 0.132. The van der Waals surface area contributed by atoms with Crippen LogP contribution in [-0.4, -0.2) is 51.2 Å². The van der Waals surface area contributed by atoms with Crippen molar-refractivity contribution in [2.45, 2.75) is 51.1 Å². The van der Waals surface area contributed by atoms with Crippen molar-refractivity contribution in [3.8, 4) is 0 Å². The molecule has 0 aromatic carbocycles. The molecular weight excluding hydrogens is 350 g/mol. The molecule has 2 bridgehead atoms. The van der Waals surface area contributed by atoms with E-state index in [4.69, 9.17) is 0 Å². The van der Waals surface area contributed by atoms with Crippen molar-refractivity contribution in [3.63, 3.8) is 0 Å². The van der Waals surface area contributed by atoms with Crippen LogP contribution in [0.25, 0.3) is 0 Å². The van der Waals surface area contributed by atoms with Crippen LogP contribution < -0.4 is 4.90 Å². The zero-order valence-corrected chi connectivity index (χ0v) is 16.4. The predicted octanol–water partition coefficient (Wildman–Crippen LogP) is 3.21. The summed E-state index contributed by atoms with van der Waals surface area (Å²) in [6.45, 7) is 3.80. The molecule has 3 fully saturated rings. The van der Waals surface area contributed by atoms with Crippen molar-refractivity contribution < 1.29 is 4.79 Å². The van der Waals surface area contributed by atoms with Crippen LogP contribution in [0.15, 0.2) is 36.8 Å². The first-order chi connectivity index (χ1) is 13.8. The van der Waals surface area contributed by atoms with E-state index in [-0.39, 0.29) is 5.91 Å². The molecular formula is C22H29N5O. The highest BCUT2D eigenvalue weighted by Gasteiger charge is 2.38. The van der Waals surface area contributed by atoms with Crippen molar-refractivity contribution in [3.05, 3.63) is 42.4 Å². The first kappa shape index (κ1) is 17.7.